The molecule has 0 spiro atoms. The summed E-state index contributed by atoms with van der Waals surface area (Å²) >= 11 is 0. The van der Waals surface area contributed by atoms with Crippen LogP contribution in [0.2, 0.25) is 0 Å². The Morgan fingerprint density at radius 3 is 2.49 bits per heavy atom. The van der Waals surface area contributed by atoms with E-state index >= 15 is 0 Å². The number of nitrogens with zero attached hydrogens (tertiary/aromatic N) is 5. The molecule has 41 heavy (non-hydrogen) atoms. The van der Waals surface area contributed by atoms with Gasteiger partial charge in [0.05, 0.1) is 25.4 Å². The van der Waals surface area contributed by atoms with E-state index in [2.05, 4.69) is 22.6 Å². The zero-order chi connectivity index (χ0) is 29.5. The molecule has 0 unspecified atom stereocenters. The highest BCUT2D eigenvalue weighted by Gasteiger charge is 2.27. The molecule has 0 bridgehead atoms. The number of amides is 3. The zero-order valence-corrected chi connectivity index (χ0v) is 24.9. The Morgan fingerprint density at radius 2 is 1.80 bits per heavy atom. The largest absolute Gasteiger partial charge is 0.447 e. The lowest BCUT2D eigenvalue weighted by Crippen LogP contribution is -2.51. The van der Waals surface area contributed by atoms with Crippen LogP contribution in [0, 0.1) is 6.92 Å². The number of carbonyl (C=O) groups excluding carboxylic acids is 3. The predicted octanol–water partition coefficient (Wildman–Crippen LogP) is 4.27. The summed E-state index contributed by atoms with van der Waals surface area (Å²) < 4.78 is 7.06. The summed E-state index contributed by atoms with van der Waals surface area (Å²) in [6, 6.07) is 5.75. The molecule has 1 aromatic heterocycles. The van der Waals surface area contributed by atoms with Crippen molar-refractivity contribution >= 4 is 23.7 Å². The summed E-state index contributed by atoms with van der Waals surface area (Å²) in [5, 5.41) is 7.84. The molecule has 10 nitrogen and oxygen atoms in total. The van der Waals surface area contributed by atoms with Crippen molar-refractivity contribution in [1.82, 2.24) is 24.5 Å². The standard InChI is InChI=1S/C31H42N6O4/c1-6-7-8-9-27-21-37(20-26-19-32-34(5)29(26)33-27)30(39)25-11-10-24(23(4)18-25)12-13-28(38)35-14-16-36(17-15-35)31(40)41-22(2)3/h6-7,9-11,18-19,22,33H,8,12-17,20-21H2,1-5H3/b7-6-,27-9+. The fourth-order valence-electron chi connectivity index (χ4n) is 5.13. The van der Waals surface area contributed by atoms with Gasteiger partial charge in [-0.3, -0.25) is 14.3 Å². The number of piperazine rings is 1. The van der Waals surface area contributed by atoms with E-state index < -0.39 is 0 Å². The van der Waals surface area contributed by atoms with Gasteiger partial charge in [-0.25, -0.2) is 4.79 Å². The number of anilines is 1. The maximum atomic E-state index is 13.6. The second-order valence-electron chi connectivity index (χ2n) is 10.9. The Kier molecular flexibility index (Phi) is 9.86. The Morgan fingerprint density at radius 1 is 1.07 bits per heavy atom. The number of nitrogens with one attached hydrogen (secondary N) is 1. The third-order valence-electron chi connectivity index (χ3n) is 7.46. The number of rotatable bonds is 7. The van der Waals surface area contributed by atoms with E-state index in [4.69, 9.17) is 4.74 Å². The summed E-state index contributed by atoms with van der Waals surface area (Å²) in [6.07, 6.45) is 9.27. The molecule has 2 aliphatic rings. The number of allylic oxidation sites excluding steroid dienone is 3. The number of aromatic nitrogens is 2. The minimum atomic E-state index is -0.324. The van der Waals surface area contributed by atoms with Gasteiger partial charge in [-0.1, -0.05) is 24.3 Å². The predicted molar refractivity (Wildman–Crippen MR) is 158 cm³/mol. The van der Waals surface area contributed by atoms with Crippen molar-refractivity contribution in [3.63, 3.8) is 0 Å². The van der Waals surface area contributed by atoms with Crippen molar-refractivity contribution in [2.45, 2.75) is 59.6 Å². The van der Waals surface area contributed by atoms with Gasteiger partial charge >= 0.3 is 6.09 Å². The molecule has 1 aromatic carbocycles. The summed E-state index contributed by atoms with van der Waals surface area (Å²) in [5.41, 5.74) is 4.60. The molecule has 3 heterocycles. The lowest BCUT2D eigenvalue weighted by Gasteiger charge is -2.34. The molecule has 0 atom stereocenters. The average Bonchev–Trinajstić information content (AvgIpc) is 3.17. The van der Waals surface area contributed by atoms with E-state index in [1.165, 1.54) is 0 Å². The van der Waals surface area contributed by atoms with Crippen LogP contribution in [0.3, 0.4) is 0 Å². The molecule has 0 radical (unpaired) electrons. The maximum absolute atomic E-state index is 13.6. The minimum absolute atomic E-state index is 0.0416. The molecule has 1 fully saturated rings. The van der Waals surface area contributed by atoms with E-state index in [9.17, 15) is 14.4 Å². The average molecular weight is 563 g/mol. The Balaban J connectivity index is 1.36. The summed E-state index contributed by atoms with van der Waals surface area (Å²) in [7, 11) is 1.89. The number of hydrogen-bond acceptors (Lipinski definition) is 6. The van der Waals surface area contributed by atoms with Gasteiger partial charge < -0.3 is 24.8 Å². The fraction of sp³-hybridized carbons (Fsp3) is 0.484. The smallest absolute Gasteiger partial charge is 0.410 e. The maximum Gasteiger partial charge on any atom is 0.410 e. The molecule has 1 N–H and O–H groups in total. The van der Waals surface area contributed by atoms with Crippen molar-refractivity contribution < 1.29 is 19.1 Å². The highest BCUT2D eigenvalue weighted by Crippen LogP contribution is 2.25. The van der Waals surface area contributed by atoms with Gasteiger partial charge in [-0.2, -0.15) is 5.10 Å². The number of fused-ring (bicyclic) bond motifs is 1. The third kappa shape index (κ3) is 7.56. The SMILES string of the molecule is C/C=C\C/C=C1\CN(C(=O)c2ccc(CCC(=O)N3CCN(C(=O)OC(C)C)CC3)c(C)c2)Cc2cnn(C)c2N1. The van der Waals surface area contributed by atoms with Gasteiger partial charge in [-0.05, 0) is 63.8 Å². The highest BCUT2D eigenvalue weighted by molar-refractivity contribution is 5.95. The monoisotopic (exact) mass is 562 g/mol. The Hall–Kier alpha value is -4.08. The van der Waals surface area contributed by atoms with E-state index in [0.717, 1.165) is 34.6 Å². The Bertz CT molecular complexity index is 1320. The first kappa shape index (κ1) is 29.9. The normalized spacial score (nSPS) is 16.6. The molecular formula is C31H42N6O4. The fourth-order valence-corrected chi connectivity index (χ4v) is 5.13. The van der Waals surface area contributed by atoms with E-state index in [-0.39, 0.29) is 24.0 Å². The van der Waals surface area contributed by atoms with Crippen molar-refractivity contribution in [3.8, 4) is 0 Å². The number of aryl methyl sites for hydroxylation is 3. The van der Waals surface area contributed by atoms with Crippen LogP contribution in [0.4, 0.5) is 10.6 Å². The number of hydrogen-bond donors (Lipinski definition) is 1. The van der Waals surface area contributed by atoms with Gasteiger partial charge in [0.2, 0.25) is 5.91 Å². The van der Waals surface area contributed by atoms with Crippen LogP contribution in [0.25, 0.3) is 0 Å². The third-order valence-corrected chi connectivity index (χ3v) is 7.46. The molecule has 0 saturated carbocycles. The summed E-state index contributed by atoms with van der Waals surface area (Å²) in [6.45, 7) is 10.5. The highest BCUT2D eigenvalue weighted by atomic mass is 16.6. The lowest BCUT2D eigenvalue weighted by molar-refractivity contribution is -0.132. The number of carbonyl (C=O) groups is 3. The quantitative estimate of drug-likeness (QED) is 0.506. The first-order chi connectivity index (χ1) is 19.7. The molecule has 2 aromatic rings. The summed E-state index contributed by atoms with van der Waals surface area (Å²) in [5.74, 6) is 0.933. The van der Waals surface area contributed by atoms with Crippen LogP contribution in [-0.2, 0) is 29.5 Å². The number of ether oxygens (including phenoxy) is 1. The topological polar surface area (TPSA) is 100 Å². The van der Waals surface area contributed by atoms with Crippen LogP contribution >= 0.6 is 0 Å². The first-order valence-corrected chi connectivity index (χ1v) is 14.4. The molecule has 0 aliphatic carbocycles. The van der Waals surface area contributed by atoms with Crippen LogP contribution < -0.4 is 5.32 Å². The molecular weight excluding hydrogens is 520 g/mol. The first-order valence-electron chi connectivity index (χ1n) is 14.4. The molecule has 1 saturated heterocycles. The molecule has 10 heteroatoms. The van der Waals surface area contributed by atoms with Gasteiger partial charge in [-0.15, -0.1) is 0 Å². The van der Waals surface area contributed by atoms with E-state index in [0.29, 0.717) is 57.7 Å². The van der Waals surface area contributed by atoms with Crippen LogP contribution in [0.5, 0.6) is 0 Å². The van der Waals surface area contributed by atoms with Gasteiger partial charge in [0.15, 0.2) is 0 Å². The molecule has 4 rings (SSSR count). The molecule has 3 amide bonds. The second-order valence-corrected chi connectivity index (χ2v) is 10.9. The molecule has 220 valence electrons. The van der Waals surface area contributed by atoms with Gasteiger partial charge in [0.25, 0.3) is 5.91 Å². The van der Waals surface area contributed by atoms with Crippen molar-refractivity contribution in [1.29, 1.82) is 0 Å². The van der Waals surface area contributed by atoms with Crippen LogP contribution in [0.15, 0.2) is 48.3 Å². The van der Waals surface area contributed by atoms with Crippen molar-refractivity contribution in [2.75, 3.05) is 38.0 Å². The van der Waals surface area contributed by atoms with Crippen molar-refractivity contribution in [3.05, 3.63) is 70.6 Å². The van der Waals surface area contributed by atoms with Crippen LogP contribution in [-0.4, -0.2) is 81.2 Å². The van der Waals surface area contributed by atoms with Gasteiger partial charge in [0, 0.05) is 56.5 Å². The second kappa shape index (κ2) is 13.5. The van der Waals surface area contributed by atoms with Gasteiger partial charge in [0.1, 0.15) is 5.82 Å². The molecule has 2 aliphatic heterocycles. The summed E-state index contributed by atoms with van der Waals surface area (Å²) in [4.78, 5) is 44.0. The number of benzene rings is 1. The Labute approximate surface area is 242 Å². The van der Waals surface area contributed by atoms with Crippen molar-refractivity contribution in [2.24, 2.45) is 7.05 Å². The van der Waals surface area contributed by atoms with Crippen LogP contribution in [0.1, 0.15) is 60.7 Å². The zero-order valence-electron chi connectivity index (χ0n) is 24.9. The van der Waals surface area contributed by atoms with E-state index in [1.54, 1.807) is 15.8 Å². The minimum Gasteiger partial charge on any atom is -0.447 e. The lowest BCUT2D eigenvalue weighted by atomic mass is 10.00. The van der Waals surface area contributed by atoms with E-state index in [1.807, 2.05) is 68.8 Å².